The van der Waals surface area contributed by atoms with E-state index < -0.39 is 0 Å². The molecule has 13 heavy (non-hydrogen) atoms. The third-order valence-electron chi connectivity index (χ3n) is 2.53. The Balaban J connectivity index is 2.06. The van der Waals surface area contributed by atoms with E-state index in [9.17, 15) is 5.11 Å². The fourth-order valence-electron chi connectivity index (χ4n) is 1.63. The zero-order valence-corrected chi connectivity index (χ0v) is 8.22. The second-order valence-corrected chi connectivity index (χ2v) is 4.54. The van der Waals surface area contributed by atoms with E-state index in [0.717, 1.165) is 24.5 Å². The monoisotopic (exact) mass is 199 g/mol. The van der Waals surface area contributed by atoms with E-state index in [1.54, 1.807) is 17.5 Å². The SMILES string of the molecule is OCC1(Cc2nccs2)CCOC1. The van der Waals surface area contributed by atoms with E-state index in [-0.39, 0.29) is 12.0 Å². The van der Waals surface area contributed by atoms with Gasteiger partial charge in [-0.3, -0.25) is 0 Å². The van der Waals surface area contributed by atoms with Crippen molar-refractivity contribution in [3.05, 3.63) is 16.6 Å². The van der Waals surface area contributed by atoms with Gasteiger partial charge in [-0.1, -0.05) is 0 Å². The van der Waals surface area contributed by atoms with Gasteiger partial charge in [0.1, 0.15) is 0 Å². The summed E-state index contributed by atoms with van der Waals surface area (Å²) < 4.78 is 5.32. The maximum atomic E-state index is 9.31. The van der Waals surface area contributed by atoms with Crippen molar-refractivity contribution >= 4 is 11.3 Å². The van der Waals surface area contributed by atoms with Crippen molar-refractivity contribution in [2.24, 2.45) is 5.41 Å². The summed E-state index contributed by atoms with van der Waals surface area (Å²) in [6.07, 6.45) is 3.60. The van der Waals surface area contributed by atoms with Crippen LogP contribution in [0.2, 0.25) is 0 Å². The van der Waals surface area contributed by atoms with Gasteiger partial charge >= 0.3 is 0 Å². The average molecular weight is 199 g/mol. The van der Waals surface area contributed by atoms with E-state index in [2.05, 4.69) is 4.98 Å². The first kappa shape index (κ1) is 9.12. The molecular formula is C9H13NO2S. The van der Waals surface area contributed by atoms with Gasteiger partial charge in [0, 0.05) is 30.0 Å². The van der Waals surface area contributed by atoms with Crippen LogP contribution in [-0.2, 0) is 11.2 Å². The predicted molar refractivity (Wildman–Crippen MR) is 50.8 cm³/mol. The van der Waals surface area contributed by atoms with Crippen molar-refractivity contribution < 1.29 is 9.84 Å². The fraction of sp³-hybridized carbons (Fsp3) is 0.667. The lowest BCUT2D eigenvalue weighted by atomic mass is 9.85. The van der Waals surface area contributed by atoms with Crippen molar-refractivity contribution in [2.45, 2.75) is 12.8 Å². The van der Waals surface area contributed by atoms with Gasteiger partial charge < -0.3 is 9.84 Å². The lowest BCUT2D eigenvalue weighted by Gasteiger charge is -2.22. The first-order valence-electron chi connectivity index (χ1n) is 4.42. The summed E-state index contributed by atoms with van der Waals surface area (Å²) >= 11 is 1.65. The first-order chi connectivity index (χ1) is 6.35. The van der Waals surface area contributed by atoms with Gasteiger partial charge in [-0.05, 0) is 6.42 Å². The highest BCUT2D eigenvalue weighted by Crippen LogP contribution is 2.32. The number of thiazole rings is 1. The Morgan fingerprint density at radius 1 is 1.69 bits per heavy atom. The zero-order chi connectivity index (χ0) is 9.15. The van der Waals surface area contributed by atoms with E-state index in [4.69, 9.17) is 4.74 Å². The minimum atomic E-state index is -0.0577. The molecule has 1 aliphatic heterocycles. The molecule has 0 bridgehead atoms. The molecule has 1 atom stereocenters. The van der Waals surface area contributed by atoms with Gasteiger partial charge in [0.15, 0.2) is 0 Å². The van der Waals surface area contributed by atoms with Crippen LogP contribution in [-0.4, -0.2) is 29.9 Å². The highest BCUT2D eigenvalue weighted by Gasteiger charge is 2.35. The molecule has 0 aliphatic carbocycles. The van der Waals surface area contributed by atoms with E-state index in [1.807, 2.05) is 5.38 Å². The maximum Gasteiger partial charge on any atom is 0.0932 e. The molecule has 1 saturated heterocycles. The van der Waals surface area contributed by atoms with Crippen molar-refractivity contribution in [3.8, 4) is 0 Å². The van der Waals surface area contributed by atoms with Crippen molar-refractivity contribution in [3.63, 3.8) is 0 Å². The molecule has 0 aromatic carbocycles. The van der Waals surface area contributed by atoms with Crippen LogP contribution in [0.25, 0.3) is 0 Å². The normalized spacial score (nSPS) is 28.1. The lowest BCUT2D eigenvalue weighted by Crippen LogP contribution is -2.28. The van der Waals surface area contributed by atoms with Crippen LogP contribution in [0.5, 0.6) is 0 Å². The molecule has 2 heterocycles. The molecule has 1 aliphatic rings. The fourth-order valence-corrected chi connectivity index (χ4v) is 2.42. The number of rotatable bonds is 3. The Hall–Kier alpha value is -0.450. The number of hydrogen-bond donors (Lipinski definition) is 1. The molecule has 72 valence electrons. The molecule has 1 aromatic heterocycles. The molecule has 0 radical (unpaired) electrons. The minimum Gasteiger partial charge on any atom is -0.396 e. The first-order valence-corrected chi connectivity index (χ1v) is 5.30. The Morgan fingerprint density at radius 2 is 2.62 bits per heavy atom. The van der Waals surface area contributed by atoms with Crippen molar-refractivity contribution in [1.29, 1.82) is 0 Å². The molecule has 2 rings (SSSR count). The van der Waals surface area contributed by atoms with E-state index in [1.165, 1.54) is 0 Å². The lowest BCUT2D eigenvalue weighted by molar-refractivity contribution is 0.0935. The minimum absolute atomic E-state index is 0.0577. The number of aromatic nitrogens is 1. The molecule has 1 unspecified atom stereocenters. The summed E-state index contributed by atoms with van der Waals surface area (Å²) in [4.78, 5) is 4.22. The van der Waals surface area contributed by atoms with Gasteiger partial charge in [0.25, 0.3) is 0 Å². The number of nitrogens with zero attached hydrogens (tertiary/aromatic N) is 1. The highest BCUT2D eigenvalue weighted by atomic mass is 32.1. The summed E-state index contributed by atoms with van der Waals surface area (Å²) in [6.45, 7) is 1.64. The summed E-state index contributed by atoms with van der Waals surface area (Å²) in [6, 6.07) is 0. The Bertz CT molecular complexity index is 255. The van der Waals surface area contributed by atoms with Gasteiger partial charge in [-0.15, -0.1) is 11.3 Å². The molecule has 0 saturated carbocycles. The smallest absolute Gasteiger partial charge is 0.0932 e. The van der Waals surface area contributed by atoms with Gasteiger partial charge in [0.2, 0.25) is 0 Å². The van der Waals surface area contributed by atoms with Crippen LogP contribution in [0.4, 0.5) is 0 Å². The maximum absolute atomic E-state index is 9.31. The second-order valence-electron chi connectivity index (χ2n) is 3.56. The number of hydrogen-bond acceptors (Lipinski definition) is 4. The molecule has 4 heteroatoms. The highest BCUT2D eigenvalue weighted by molar-refractivity contribution is 7.09. The second kappa shape index (κ2) is 3.74. The number of aliphatic hydroxyl groups is 1. The van der Waals surface area contributed by atoms with Crippen LogP contribution in [0.15, 0.2) is 11.6 Å². The van der Waals surface area contributed by atoms with Gasteiger partial charge in [-0.2, -0.15) is 0 Å². The van der Waals surface area contributed by atoms with Gasteiger partial charge in [0.05, 0.1) is 18.2 Å². The average Bonchev–Trinajstić information content (AvgIpc) is 2.77. The summed E-state index contributed by atoms with van der Waals surface area (Å²) in [7, 11) is 0. The standard InChI is InChI=1S/C9H13NO2S/c11-6-9(1-3-12-7-9)5-8-10-2-4-13-8/h2,4,11H,1,3,5-7H2. The van der Waals surface area contributed by atoms with Crippen LogP contribution in [0.1, 0.15) is 11.4 Å². The molecule has 1 aromatic rings. The van der Waals surface area contributed by atoms with E-state index >= 15 is 0 Å². The third-order valence-corrected chi connectivity index (χ3v) is 3.31. The van der Waals surface area contributed by atoms with Crippen LogP contribution >= 0.6 is 11.3 Å². The predicted octanol–water partition coefficient (Wildman–Crippen LogP) is 1.08. The zero-order valence-electron chi connectivity index (χ0n) is 7.40. The van der Waals surface area contributed by atoms with Gasteiger partial charge in [-0.25, -0.2) is 4.98 Å². The molecule has 0 spiro atoms. The molecule has 1 fully saturated rings. The summed E-state index contributed by atoms with van der Waals surface area (Å²) in [5.74, 6) is 0. The van der Waals surface area contributed by atoms with Crippen molar-refractivity contribution in [1.82, 2.24) is 4.98 Å². The topological polar surface area (TPSA) is 42.4 Å². The Kier molecular flexibility index (Phi) is 2.62. The number of aliphatic hydroxyl groups excluding tert-OH is 1. The molecule has 0 amide bonds. The molecule has 3 nitrogen and oxygen atoms in total. The van der Waals surface area contributed by atoms with Crippen LogP contribution in [0, 0.1) is 5.41 Å². The number of ether oxygens (including phenoxy) is 1. The molecule has 1 N–H and O–H groups in total. The Labute approximate surface area is 81.4 Å². The quantitative estimate of drug-likeness (QED) is 0.792. The molecular weight excluding hydrogens is 186 g/mol. The summed E-state index contributed by atoms with van der Waals surface area (Å²) in [5, 5.41) is 12.4. The third kappa shape index (κ3) is 1.90. The van der Waals surface area contributed by atoms with Crippen LogP contribution < -0.4 is 0 Å². The largest absolute Gasteiger partial charge is 0.396 e. The van der Waals surface area contributed by atoms with Crippen LogP contribution in [0.3, 0.4) is 0 Å². The Morgan fingerprint density at radius 3 is 3.15 bits per heavy atom. The summed E-state index contributed by atoms with van der Waals surface area (Å²) in [5.41, 5.74) is -0.0577. The van der Waals surface area contributed by atoms with Crippen molar-refractivity contribution in [2.75, 3.05) is 19.8 Å². The van der Waals surface area contributed by atoms with E-state index in [0.29, 0.717) is 6.61 Å².